The second-order valence-corrected chi connectivity index (χ2v) is 5.36. The fraction of sp³-hybridized carbons (Fsp3) is 0.533. The molecule has 19 heavy (non-hydrogen) atoms. The molecule has 4 heteroatoms. The molecule has 0 atom stereocenters. The van der Waals surface area contributed by atoms with E-state index in [-0.39, 0.29) is 5.91 Å². The number of nitrogens with one attached hydrogen (secondary N) is 2. The molecule has 4 nitrogen and oxygen atoms in total. The Labute approximate surface area is 116 Å². The summed E-state index contributed by atoms with van der Waals surface area (Å²) in [5.74, 6) is 0.543. The van der Waals surface area contributed by atoms with Crippen molar-refractivity contribution >= 4 is 11.6 Å². The van der Waals surface area contributed by atoms with Crippen LogP contribution in [-0.2, 0) is 11.3 Å². The molecule has 106 valence electrons. The zero-order valence-corrected chi connectivity index (χ0v) is 12.4. The second kappa shape index (κ2) is 7.79. The lowest BCUT2D eigenvalue weighted by atomic mass is 10.2. The summed E-state index contributed by atoms with van der Waals surface area (Å²) in [5.41, 5.74) is 2.36. The second-order valence-electron chi connectivity index (χ2n) is 5.36. The third-order valence-corrected chi connectivity index (χ3v) is 2.77. The van der Waals surface area contributed by atoms with Gasteiger partial charge in [-0.2, -0.15) is 0 Å². The van der Waals surface area contributed by atoms with Gasteiger partial charge in [0.25, 0.3) is 0 Å². The standard InChI is InChI=1S/C15H25N3O/c1-12(2)9-17-15(19)11-16-10-13-5-7-14(8-6-13)18(3)4/h5-8,12,16H,9-11H2,1-4H3,(H,17,19). The fourth-order valence-corrected chi connectivity index (χ4v) is 1.61. The normalized spacial score (nSPS) is 10.6. The minimum absolute atomic E-state index is 0.0543. The highest BCUT2D eigenvalue weighted by atomic mass is 16.1. The van der Waals surface area contributed by atoms with E-state index in [0.717, 1.165) is 6.54 Å². The van der Waals surface area contributed by atoms with Crippen molar-refractivity contribution < 1.29 is 4.79 Å². The number of nitrogens with zero attached hydrogens (tertiary/aromatic N) is 1. The van der Waals surface area contributed by atoms with E-state index in [1.165, 1.54) is 11.3 Å². The van der Waals surface area contributed by atoms with Gasteiger partial charge < -0.3 is 15.5 Å². The zero-order chi connectivity index (χ0) is 14.3. The van der Waals surface area contributed by atoms with Crippen LogP contribution >= 0.6 is 0 Å². The Kier molecular flexibility index (Phi) is 6.36. The third-order valence-electron chi connectivity index (χ3n) is 2.77. The minimum Gasteiger partial charge on any atom is -0.378 e. The molecule has 0 aliphatic heterocycles. The molecule has 0 unspecified atom stereocenters. The number of benzene rings is 1. The van der Waals surface area contributed by atoms with Crippen molar-refractivity contribution in [1.29, 1.82) is 0 Å². The van der Waals surface area contributed by atoms with Gasteiger partial charge in [-0.25, -0.2) is 0 Å². The Morgan fingerprint density at radius 1 is 1.21 bits per heavy atom. The zero-order valence-electron chi connectivity index (χ0n) is 12.4. The van der Waals surface area contributed by atoms with Crippen LogP contribution in [0.5, 0.6) is 0 Å². The average molecular weight is 263 g/mol. The molecule has 0 aliphatic rings. The summed E-state index contributed by atoms with van der Waals surface area (Å²) < 4.78 is 0. The first-order valence-electron chi connectivity index (χ1n) is 6.72. The Hall–Kier alpha value is -1.55. The number of hydrogen-bond acceptors (Lipinski definition) is 3. The molecule has 0 aromatic heterocycles. The lowest BCUT2D eigenvalue weighted by Crippen LogP contribution is -2.35. The number of hydrogen-bond donors (Lipinski definition) is 2. The first kappa shape index (κ1) is 15.5. The number of amides is 1. The van der Waals surface area contributed by atoms with Crippen molar-refractivity contribution in [1.82, 2.24) is 10.6 Å². The molecule has 0 bridgehead atoms. The van der Waals surface area contributed by atoms with Crippen LogP contribution in [0.4, 0.5) is 5.69 Å². The molecule has 0 heterocycles. The quantitative estimate of drug-likeness (QED) is 0.785. The molecule has 2 N–H and O–H groups in total. The van der Waals surface area contributed by atoms with E-state index in [1.54, 1.807) is 0 Å². The van der Waals surface area contributed by atoms with Gasteiger partial charge in [0.05, 0.1) is 6.54 Å². The highest BCUT2D eigenvalue weighted by molar-refractivity contribution is 5.77. The minimum atomic E-state index is 0.0543. The lowest BCUT2D eigenvalue weighted by Gasteiger charge is -2.13. The molecule has 0 fully saturated rings. The number of rotatable bonds is 7. The summed E-state index contributed by atoms with van der Waals surface area (Å²) in [6.45, 7) is 5.98. The first-order chi connectivity index (χ1) is 8.99. The number of carbonyl (C=O) groups is 1. The van der Waals surface area contributed by atoms with Crippen LogP contribution in [0.15, 0.2) is 24.3 Å². The molecule has 0 spiro atoms. The monoisotopic (exact) mass is 263 g/mol. The highest BCUT2D eigenvalue weighted by Gasteiger charge is 2.02. The van der Waals surface area contributed by atoms with Crippen LogP contribution in [0.25, 0.3) is 0 Å². The van der Waals surface area contributed by atoms with Crippen molar-refractivity contribution in [3.63, 3.8) is 0 Å². The van der Waals surface area contributed by atoms with Crippen LogP contribution in [0.3, 0.4) is 0 Å². The van der Waals surface area contributed by atoms with Gasteiger partial charge in [-0.15, -0.1) is 0 Å². The van der Waals surface area contributed by atoms with Gasteiger partial charge in [-0.1, -0.05) is 26.0 Å². The van der Waals surface area contributed by atoms with Gasteiger partial charge in [-0.05, 0) is 23.6 Å². The molecule has 1 aromatic rings. The molecular weight excluding hydrogens is 238 g/mol. The van der Waals surface area contributed by atoms with Crippen molar-refractivity contribution in [2.45, 2.75) is 20.4 Å². The maximum Gasteiger partial charge on any atom is 0.233 e. The van der Waals surface area contributed by atoms with Gasteiger partial charge in [0.2, 0.25) is 5.91 Å². The predicted molar refractivity (Wildman–Crippen MR) is 80.3 cm³/mol. The SMILES string of the molecule is CC(C)CNC(=O)CNCc1ccc(N(C)C)cc1. The van der Waals surface area contributed by atoms with E-state index < -0.39 is 0 Å². The largest absolute Gasteiger partial charge is 0.378 e. The smallest absolute Gasteiger partial charge is 0.233 e. The summed E-state index contributed by atoms with van der Waals surface area (Å²) in [4.78, 5) is 13.6. The van der Waals surface area contributed by atoms with Crippen LogP contribution in [0.2, 0.25) is 0 Å². The molecule has 1 rings (SSSR count). The Morgan fingerprint density at radius 2 is 1.84 bits per heavy atom. The Balaban J connectivity index is 2.27. The summed E-state index contributed by atoms with van der Waals surface area (Å²) in [6, 6.07) is 8.31. The van der Waals surface area contributed by atoms with E-state index in [9.17, 15) is 4.79 Å². The van der Waals surface area contributed by atoms with Crippen LogP contribution in [-0.4, -0.2) is 33.1 Å². The summed E-state index contributed by atoms with van der Waals surface area (Å²) in [7, 11) is 4.04. The number of anilines is 1. The molecule has 0 saturated carbocycles. The van der Waals surface area contributed by atoms with Gasteiger partial charge in [0, 0.05) is 32.9 Å². The van der Waals surface area contributed by atoms with Gasteiger partial charge in [0.15, 0.2) is 0 Å². The third kappa shape index (κ3) is 6.25. The van der Waals surface area contributed by atoms with Crippen LogP contribution in [0, 0.1) is 5.92 Å². The fourth-order valence-electron chi connectivity index (χ4n) is 1.61. The molecule has 1 aromatic carbocycles. The topological polar surface area (TPSA) is 44.4 Å². The Morgan fingerprint density at radius 3 is 2.37 bits per heavy atom. The summed E-state index contributed by atoms with van der Waals surface area (Å²) >= 11 is 0. The maximum atomic E-state index is 11.5. The number of carbonyl (C=O) groups excluding carboxylic acids is 1. The van der Waals surface area contributed by atoms with Crippen molar-refractivity contribution in [2.75, 3.05) is 32.1 Å². The maximum absolute atomic E-state index is 11.5. The predicted octanol–water partition coefficient (Wildman–Crippen LogP) is 1.61. The summed E-state index contributed by atoms with van der Waals surface area (Å²) in [6.07, 6.45) is 0. The Bertz CT molecular complexity index is 385. The van der Waals surface area contributed by atoms with Gasteiger partial charge in [0.1, 0.15) is 0 Å². The van der Waals surface area contributed by atoms with Crippen molar-refractivity contribution in [3.8, 4) is 0 Å². The average Bonchev–Trinajstić information content (AvgIpc) is 2.37. The van der Waals surface area contributed by atoms with Crippen LogP contribution in [0.1, 0.15) is 19.4 Å². The first-order valence-corrected chi connectivity index (χ1v) is 6.72. The van der Waals surface area contributed by atoms with Crippen molar-refractivity contribution in [2.24, 2.45) is 5.92 Å². The van der Waals surface area contributed by atoms with E-state index in [4.69, 9.17) is 0 Å². The highest BCUT2D eigenvalue weighted by Crippen LogP contribution is 2.11. The molecule has 0 radical (unpaired) electrons. The van der Waals surface area contributed by atoms with E-state index in [2.05, 4.69) is 53.6 Å². The molecular formula is C15H25N3O. The van der Waals surface area contributed by atoms with Gasteiger partial charge in [-0.3, -0.25) is 4.79 Å². The van der Waals surface area contributed by atoms with Crippen molar-refractivity contribution in [3.05, 3.63) is 29.8 Å². The van der Waals surface area contributed by atoms with E-state index >= 15 is 0 Å². The molecule has 0 aliphatic carbocycles. The van der Waals surface area contributed by atoms with E-state index in [1.807, 2.05) is 14.1 Å². The lowest BCUT2D eigenvalue weighted by molar-refractivity contribution is -0.120. The van der Waals surface area contributed by atoms with Crippen LogP contribution < -0.4 is 15.5 Å². The molecule has 1 amide bonds. The van der Waals surface area contributed by atoms with Gasteiger partial charge >= 0.3 is 0 Å². The van der Waals surface area contributed by atoms with E-state index in [0.29, 0.717) is 19.0 Å². The molecule has 0 saturated heterocycles. The summed E-state index contributed by atoms with van der Waals surface area (Å²) in [5, 5.41) is 6.03.